The molecule has 0 spiro atoms. The zero-order chi connectivity index (χ0) is 15.3. The Morgan fingerprint density at radius 3 is 2.60 bits per heavy atom. The van der Waals surface area contributed by atoms with Gasteiger partial charge in [-0.15, -0.1) is 0 Å². The number of nitrogens with one attached hydrogen (secondary N) is 1. The van der Waals surface area contributed by atoms with Crippen molar-refractivity contribution in [3.05, 3.63) is 27.5 Å². The Labute approximate surface area is 127 Å². The van der Waals surface area contributed by atoms with Crippen LogP contribution in [0.3, 0.4) is 0 Å². The lowest BCUT2D eigenvalue weighted by Crippen LogP contribution is -2.41. The lowest BCUT2D eigenvalue weighted by Gasteiger charge is -2.14. The lowest BCUT2D eigenvalue weighted by molar-refractivity contribution is -0.140. The highest BCUT2D eigenvalue weighted by molar-refractivity contribution is 9.10. The molecule has 9 heteroatoms. The number of halogens is 2. The number of pyridine rings is 1. The van der Waals surface area contributed by atoms with Gasteiger partial charge in [-0.1, -0.05) is 11.6 Å². The summed E-state index contributed by atoms with van der Waals surface area (Å²) >= 11 is 8.86. The lowest BCUT2D eigenvalue weighted by atomic mass is 10.1. The van der Waals surface area contributed by atoms with Gasteiger partial charge in [-0.05, 0) is 28.4 Å². The zero-order valence-corrected chi connectivity index (χ0v) is 12.3. The van der Waals surface area contributed by atoms with Crippen LogP contribution in [-0.4, -0.2) is 39.1 Å². The first-order valence-corrected chi connectivity index (χ1v) is 6.55. The van der Waals surface area contributed by atoms with E-state index in [4.69, 9.17) is 21.8 Å². The van der Waals surface area contributed by atoms with Gasteiger partial charge in [0.1, 0.15) is 11.2 Å². The average molecular weight is 366 g/mol. The van der Waals surface area contributed by atoms with Crippen LogP contribution in [0.2, 0.25) is 5.15 Å². The van der Waals surface area contributed by atoms with Gasteiger partial charge in [-0.2, -0.15) is 0 Å². The summed E-state index contributed by atoms with van der Waals surface area (Å²) in [5.74, 6) is -3.20. The van der Waals surface area contributed by atoms with Crippen LogP contribution in [0, 0.1) is 0 Å². The zero-order valence-electron chi connectivity index (χ0n) is 9.97. The molecule has 1 heterocycles. The summed E-state index contributed by atoms with van der Waals surface area (Å²) in [5.41, 5.74) is 0.00242. The molecule has 3 N–H and O–H groups in total. The molecule has 0 aliphatic heterocycles. The highest BCUT2D eigenvalue weighted by Gasteiger charge is 2.23. The predicted octanol–water partition coefficient (Wildman–Crippen LogP) is 1.55. The van der Waals surface area contributed by atoms with E-state index in [2.05, 4.69) is 26.2 Å². The first-order valence-electron chi connectivity index (χ1n) is 5.37. The number of hydrogen-bond donors (Lipinski definition) is 3. The highest BCUT2D eigenvalue weighted by Crippen LogP contribution is 2.18. The van der Waals surface area contributed by atoms with Crippen LogP contribution < -0.4 is 5.32 Å². The van der Waals surface area contributed by atoms with Gasteiger partial charge < -0.3 is 15.5 Å². The van der Waals surface area contributed by atoms with Gasteiger partial charge in [0, 0.05) is 17.1 Å². The maximum atomic E-state index is 11.9. The molecule has 20 heavy (non-hydrogen) atoms. The van der Waals surface area contributed by atoms with E-state index in [-0.39, 0.29) is 23.6 Å². The molecule has 7 nitrogen and oxygen atoms in total. The van der Waals surface area contributed by atoms with Crippen molar-refractivity contribution in [1.29, 1.82) is 0 Å². The Morgan fingerprint density at radius 2 is 2.05 bits per heavy atom. The molecule has 0 radical (unpaired) electrons. The maximum Gasteiger partial charge on any atom is 0.326 e. The monoisotopic (exact) mass is 364 g/mol. The minimum Gasteiger partial charge on any atom is -0.481 e. The Balaban J connectivity index is 2.82. The Hall–Kier alpha value is -1.67. The van der Waals surface area contributed by atoms with Crippen LogP contribution in [0.25, 0.3) is 0 Å². The molecule has 0 aromatic carbocycles. The van der Waals surface area contributed by atoms with Gasteiger partial charge >= 0.3 is 11.9 Å². The van der Waals surface area contributed by atoms with Crippen molar-refractivity contribution in [3.63, 3.8) is 0 Å². The number of aromatic nitrogens is 1. The van der Waals surface area contributed by atoms with Crippen LogP contribution >= 0.6 is 27.5 Å². The largest absolute Gasteiger partial charge is 0.481 e. The van der Waals surface area contributed by atoms with Crippen molar-refractivity contribution in [2.45, 2.75) is 18.9 Å². The first kappa shape index (κ1) is 16.4. The number of nitrogens with zero attached hydrogens (tertiary/aromatic N) is 1. The van der Waals surface area contributed by atoms with Crippen LogP contribution in [0.5, 0.6) is 0 Å². The molecular weight excluding hydrogens is 355 g/mol. The van der Waals surface area contributed by atoms with Crippen LogP contribution in [-0.2, 0) is 9.59 Å². The van der Waals surface area contributed by atoms with Crippen LogP contribution in [0.1, 0.15) is 23.2 Å². The summed E-state index contributed by atoms with van der Waals surface area (Å²) < 4.78 is 0.504. The fourth-order valence-corrected chi connectivity index (χ4v) is 1.86. The van der Waals surface area contributed by atoms with E-state index >= 15 is 0 Å². The molecule has 1 aromatic heterocycles. The van der Waals surface area contributed by atoms with Crippen molar-refractivity contribution in [2.75, 3.05) is 0 Å². The van der Waals surface area contributed by atoms with Crippen LogP contribution in [0.4, 0.5) is 0 Å². The molecule has 108 valence electrons. The van der Waals surface area contributed by atoms with Crippen molar-refractivity contribution in [2.24, 2.45) is 0 Å². The number of carbonyl (C=O) groups is 3. The third kappa shape index (κ3) is 4.78. The smallest absolute Gasteiger partial charge is 0.326 e. The molecule has 1 atom stereocenters. The van der Waals surface area contributed by atoms with Crippen molar-refractivity contribution in [3.8, 4) is 0 Å². The van der Waals surface area contributed by atoms with E-state index in [9.17, 15) is 14.4 Å². The Kier molecular flexibility index (Phi) is 5.90. The SMILES string of the molecule is O=C(O)CCC(NC(=O)c1cc(Br)cnc1Cl)C(=O)O. The normalized spacial score (nSPS) is 11.7. The van der Waals surface area contributed by atoms with E-state index in [0.717, 1.165) is 0 Å². The molecule has 1 unspecified atom stereocenters. The summed E-state index contributed by atoms with van der Waals surface area (Å²) in [5, 5.41) is 19.6. The first-order chi connectivity index (χ1) is 9.31. The molecule has 0 aliphatic rings. The molecule has 1 rings (SSSR count). The molecule has 1 amide bonds. The third-order valence-corrected chi connectivity index (χ3v) is 3.04. The Morgan fingerprint density at radius 1 is 1.40 bits per heavy atom. The van der Waals surface area contributed by atoms with Crippen molar-refractivity contribution in [1.82, 2.24) is 10.3 Å². The summed E-state index contributed by atoms with van der Waals surface area (Å²) in [7, 11) is 0. The fourth-order valence-electron chi connectivity index (χ4n) is 1.34. The van der Waals surface area contributed by atoms with Gasteiger partial charge in [0.15, 0.2) is 0 Å². The number of amides is 1. The topological polar surface area (TPSA) is 117 Å². The summed E-state index contributed by atoms with van der Waals surface area (Å²) in [6.45, 7) is 0. The number of carbonyl (C=O) groups excluding carboxylic acids is 1. The number of aliphatic carboxylic acids is 2. The standard InChI is InChI=1S/C11H10BrClN2O5/c12-5-3-6(9(13)14-4-5)10(18)15-7(11(19)20)1-2-8(16)17/h3-4,7H,1-2H2,(H,15,18)(H,16,17)(H,19,20). The van der Waals surface area contributed by atoms with Gasteiger partial charge in [-0.3, -0.25) is 9.59 Å². The molecule has 0 saturated heterocycles. The molecular formula is C11H10BrClN2O5. The minimum atomic E-state index is -1.32. The minimum absolute atomic E-state index is 0.00242. The summed E-state index contributed by atoms with van der Waals surface area (Å²) in [6, 6.07) is 0.0782. The molecule has 0 saturated carbocycles. The second-order valence-corrected chi connectivity index (χ2v) is 5.06. The second-order valence-electron chi connectivity index (χ2n) is 3.79. The van der Waals surface area contributed by atoms with Gasteiger partial charge in [0.25, 0.3) is 5.91 Å². The maximum absolute atomic E-state index is 11.9. The number of carboxylic acid groups (broad SMARTS) is 2. The van der Waals surface area contributed by atoms with Gasteiger partial charge in [0.05, 0.1) is 5.56 Å². The summed E-state index contributed by atoms with van der Waals surface area (Å²) in [6.07, 6.45) is 0.787. The van der Waals surface area contributed by atoms with E-state index in [1.807, 2.05) is 0 Å². The van der Waals surface area contributed by atoms with E-state index in [0.29, 0.717) is 4.47 Å². The average Bonchev–Trinajstić information content (AvgIpc) is 2.36. The molecule has 0 bridgehead atoms. The molecule has 0 fully saturated rings. The van der Waals surface area contributed by atoms with Crippen molar-refractivity contribution >= 4 is 45.4 Å². The van der Waals surface area contributed by atoms with Crippen molar-refractivity contribution < 1.29 is 24.6 Å². The van der Waals surface area contributed by atoms with Gasteiger partial charge in [0.2, 0.25) is 0 Å². The number of rotatable bonds is 6. The van der Waals surface area contributed by atoms with E-state index < -0.39 is 23.9 Å². The molecule has 1 aromatic rings. The fraction of sp³-hybridized carbons (Fsp3) is 0.273. The number of carboxylic acids is 2. The highest BCUT2D eigenvalue weighted by atomic mass is 79.9. The third-order valence-electron chi connectivity index (χ3n) is 2.30. The van der Waals surface area contributed by atoms with Gasteiger partial charge in [-0.25, -0.2) is 9.78 Å². The predicted molar refractivity (Wildman–Crippen MR) is 72.7 cm³/mol. The quantitative estimate of drug-likeness (QED) is 0.659. The van der Waals surface area contributed by atoms with E-state index in [1.54, 1.807) is 0 Å². The summed E-state index contributed by atoms with van der Waals surface area (Å²) in [4.78, 5) is 37.1. The van der Waals surface area contributed by atoms with Crippen LogP contribution in [0.15, 0.2) is 16.7 Å². The second kappa shape index (κ2) is 7.20. The Bertz CT molecular complexity index is 552. The molecule has 0 aliphatic carbocycles. The number of hydrogen-bond acceptors (Lipinski definition) is 4. The van der Waals surface area contributed by atoms with E-state index in [1.165, 1.54) is 12.3 Å².